The van der Waals surface area contributed by atoms with Crippen molar-refractivity contribution in [1.82, 2.24) is 20.1 Å². The topological polar surface area (TPSA) is 81.1 Å². The lowest BCUT2D eigenvalue weighted by molar-refractivity contribution is -0.122. The Hall–Kier alpha value is -3.13. The molecule has 1 unspecified atom stereocenters. The molecule has 2 aromatic carbocycles. The van der Waals surface area contributed by atoms with E-state index in [2.05, 4.69) is 20.7 Å². The molecule has 176 valence electrons. The van der Waals surface area contributed by atoms with E-state index in [0.717, 1.165) is 22.0 Å². The Morgan fingerprint density at radius 1 is 1.21 bits per heavy atom. The second kappa shape index (κ2) is 10.0. The summed E-state index contributed by atoms with van der Waals surface area (Å²) in [4.78, 5) is 18.3. The standard InChI is InChI=1S/C25H24ClN5O2.ClH/c1-31-10-8-19(30-31)14-28-16-25(9-11-33-23-7-6-18(26)12-21(23)25)24(32)29-22-15-27-13-17-4-2-3-5-20(17)22;/h2-8,10,12-13,15,28H,9,11,14,16H2,1H3,(H,29,32);1H. The quantitative estimate of drug-likeness (QED) is 0.410. The van der Waals surface area contributed by atoms with Gasteiger partial charge in [-0.05, 0) is 24.3 Å². The maximum absolute atomic E-state index is 14.0. The highest BCUT2D eigenvalue weighted by atomic mass is 35.5. The van der Waals surface area contributed by atoms with E-state index >= 15 is 0 Å². The van der Waals surface area contributed by atoms with E-state index in [1.165, 1.54) is 0 Å². The van der Waals surface area contributed by atoms with Crippen molar-refractivity contribution in [3.63, 3.8) is 0 Å². The number of nitrogens with one attached hydrogen (secondary N) is 2. The number of fused-ring (bicyclic) bond motifs is 2. The van der Waals surface area contributed by atoms with Crippen LogP contribution in [0.1, 0.15) is 17.7 Å². The first-order chi connectivity index (χ1) is 16.0. The second-order valence-electron chi connectivity index (χ2n) is 8.27. The van der Waals surface area contributed by atoms with Gasteiger partial charge in [-0.2, -0.15) is 5.10 Å². The van der Waals surface area contributed by atoms with E-state index in [0.29, 0.717) is 42.6 Å². The fraction of sp³-hybridized carbons (Fsp3) is 0.240. The number of carbonyl (C=O) groups is 1. The van der Waals surface area contributed by atoms with Gasteiger partial charge in [0, 0.05) is 60.3 Å². The first-order valence-corrected chi connectivity index (χ1v) is 11.2. The third-order valence-electron chi connectivity index (χ3n) is 6.10. The fourth-order valence-electron chi connectivity index (χ4n) is 4.39. The normalized spacial score (nSPS) is 16.9. The molecule has 0 radical (unpaired) electrons. The number of amides is 1. The minimum atomic E-state index is -0.871. The zero-order valence-corrected chi connectivity index (χ0v) is 20.2. The van der Waals surface area contributed by atoms with Crippen molar-refractivity contribution >= 4 is 46.4 Å². The number of carbonyl (C=O) groups excluding carboxylic acids is 1. The van der Waals surface area contributed by atoms with Crippen LogP contribution in [0.2, 0.25) is 5.02 Å². The first-order valence-electron chi connectivity index (χ1n) is 10.8. The zero-order chi connectivity index (χ0) is 22.8. The van der Waals surface area contributed by atoms with Crippen LogP contribution in [0.5, 0.6) is 5.75 Å². The van der Waals surface area contributed by atoms with Gasteiger partial charge in [0.1, 0.15) is 5.75 Å². The predicted molar refractivity (Wildman–Crippen MR) is 136 cm³/mol. The van der Waals surface area contributed by atoms with Crippen LogP contribution in [0.4, 0.5) is 5.69 Å². The number of hydrogen-bond acceptors (Lipinski definition) is 5. The third-order valence-corrected chi connectivity index (χ3v) is 6.33. The number of aromatic nitrogens is 3. The largest absolute Gasteiger partial charge is 0.493 e. The Kier molecular flexibility index (Phi) is 7.07. The van der Waals surface area contributed by atoms with Crippen molar-refractivity contribution in [3.8, 4) is 5.75 Å². The molecule has 0 saturated carbocycles. The smallest absolute Gasteiger partial charge is 0.236 e. The summed E-state index contributed by atoms with van der Waals surface area (Å²) in [6.45, 7) is 1.38. The van der Waals surface area contributed by atoms with E-state index in [4.69, 9.17) is 16.3 Å². The number of aryl methyl sites for hydroxylation is 1. The van der Waals surface area contributed by atoms with Crippen molar-refractivity contribution in [3.05, 3.63) is 83.4 Å². The molecule has 4 aromatic rings. The summed E-state index contributed by atoms with van der Waals surface area (Å²) in [7, 11) is 1.88. The molecule has 9 heteroatoms. The number of halogens is 2. The summed E-state index contributed by atoms with van der Waals surface area (Å²) in [5, 5.41) is 13.5. The second-order valence-corrected chi connectivity index (χ2v) is 8.70. The molecule has 1 atom stereocenters. The van der Waals surface area contributed by atoms with Gasteiger partial charge in [-0.1, -0.05) is 35.9 Å². The lowest BCUT2D eigenvalue weighted by Gasteiger charge is -2.38. The summed E-state index contributed by atoms with van der Waals surface area (Å²) >= 11 is 6.35. The fourth-order valence-corrected chi connectivity index (χ4v) is 4.56. The summed E-state index contributed by atoms with van der Waals surface area (Å²) in [6, 6.07) is 15.3. The molecule has 0 spiro atoms. The Morgan fingerprint density at radius 3 is 2.88 bits per heavy atom. The number of nitrogens with zero attached hydrogens (tertiary/aromatic N) is 3. The van der Waals surface area contributed by atoms with E-state index < -0.39 is 5.41 Å². The van der Waals surface area contributed by atoms with Gasteiger partial charge in [-0.15, -0.1) is 12.4 Å². The van der Waals surface area contributed by atoms with Crippen molar-refractivity contribution < 1.29 is 9.53 Å². The molecule has 7 nitrogen and oxygen atoms in total. The van der Waals surface area contributed by atoms with Crippen LogP contribution in [0.15, 0.2) is 67.1 Å². The third kappa shape index (κ3) is 4.59. The van der Waals surface area contributed by atoms with Gasteiger partial charge in [0.15, 0.2) is 0 Å². The highest BCUT2D eigenvalue weighted by Crippen LogP contribution is 2.41. The maximum atomic E-state index is 14.0. The van der Waals surface area contributed by atoms with Crippen molar-refractivity contribution in [2.75, 3.05) is 18.5 Å². The molecule has 3 heterocycles. The summed E-state index contributed by atoms with van der Waals surface area (Å²) in [5.74, 6) is 0.553. The molecular weight excluding hydrogens is 473 g/mol. The van der Waals surface area contributed by atoms with Crippen LogP contribution >= 0.6 is 24.0 Å². The van der Waals surface area contributed by atoms with Crippen molar-refractivity contribution in [2.24, 2.45) is 7.05 Å². The lowest BCUT2D eigenvalue weighted by atomic mass is 9.74. The predicted octanol–water partition coefficient (Wildman–Crippen LogP) is 4.49. The Labute approximate surface area is 208 Å². The van der Waals surface area contributed by atoms with Crippen LogP contribution < -0.4 is 15.4 Å². The minimum absolute atomic E-state index is 0. The van der Waals surface area contributed by atoms with Crippen LogP contribution in [-0.2, 0) is 23.8 Å². The van der Waals surface area contributed by atoms with Crippen molar-refractivity contribution in [2.45, 2.75) is 18.4 Å². The van der Waals surface area contributed by atoms with Crippen LogP contribution in [0, 0.1) is 0 Å². The summed E-state index contributed by atoms with van der Waals surface area (Å²) in [6.07, 6.45) is 5.89. The molecule has 1 aliphatic rings. The van der Waals surface area contributed by atoms with Gasteiger partial charge >= 0.3 is 0 Å². The molecule has 0 saturated heterocycles. The Morgan fingerprint density at radius 2 is 2.06 bits per heavy atom. The van der Waals surface area contributed by atoms with Crippen LogP contribution in [0.3, 0.4) is 0 Å². The van der Waals surface area contributed by atoms with Gasteiger partial charge < -0.3 is 15.4 Å². The van der Waals surface area contributed by atoms with Gasteiger partial charge in [-0.25, -0.2) is 0 Å². The first kappa shape index (κ1) is 24.0. The van der Waals surface area contributed by atoms with E-state index in [9.17, 15) is 4.79 Å². The van der Waals surface area contributed by atoms with E-state index in [-0.39, 0.29) is 18.3 Å². The molecule has 0 bridgehead atoms. The van der Waals surface area contributed by atoms with Gasteiger partial charge in [-0.3, -0.25) is 14.5 Å². The highest BCUT2D eigenvalue weighted by molar-refractivity contribution is 6.30. The number of hydrogen-bond donors (Lipinski definition) is 2. The average molecular weight is 498 g/mol. The van der Waals surface area contributed by atoms with Gasteiger partial charge in [0.25, 0.3) is 0 Å². The highest BCUT2D eigenvalue weighted by Gasteiger charge is 2.44. The lowest BCUT2D eigenvalue weighted by Crippen LogP contribution is -2.50. The van der Waals surface area contributed by atoms with Gasteiger partial charge in [0.05, 0.1) is 29.6 Å². The number of rotatable bonds is 6. The molecule has 0 fully saturated rings. The maximum Gasteiger partial charge on any atom is 0.236 e. The average Bonchev–Trinajstić information content (AvgIpc) is 3.24. The Bertz CT molecular complexity index is 1320. The molecule has 2 aromatic heterocycles. The molecule has 34 heavy (non-hydrogen) atoms. The number of ether oxygens (including phenoxy) is 1. The molecule has 2 N–H and O–H groups in total. The number of anilines is 1. The summed E-state index contributed by atoms with van der Waals surface area (Å²) in [5.41, 5.74) is 1.49. The molecule has 0 aliphatic carbocycles. The van der Waals surface area contributed by atoms with Gasteiger partial charge in [0.2, 0.25) is 5.91 Å². The number of benzene rings is 2. The van der Waals surface area contributed by atoms with Crippen LogP contribution in [0.25, 0.3) is 10.8 Å². The minimum Gasteiger partial charge on any atom is -0.493 e. The van der Waals surface area contributed by atoms with Crippen LogP contribution in [-0.4, -0.2) is 33.8 Å². The monoisotopic (exact) mass is 497 g/mol. The Balaban J connectivity index is 0.00000274. The van der Waals surface area contributed by atoms with E-state index in [1.807, 2.05) is 55.7 Å². The zero-order valence-electron chi connectivity index (χ0n) is 18.6. The van der Waals surface area contributed by atoms with E-state index in [1.54, 1.807) is 23.1 Å². The summed E-state index contributed by atoms with van der Waals surface area (Å²) < 4.78 is 7.64. The van der Waals surface area contributed by atoms with Crippen molar-refractivity contribution in [1.29, 1.82) is 0 Å². The molecule has 1 amide bonds. The molecule has 5 rings (SSSR count). The molecular formula is C25H25Cl2N5O2. The molecule has 1 aliphatic heterocycles. The number of pyridine rings is 1. The SMILES string of the molecule is Cl.Cn1ccc(CNCC2(C(=O)Nc3cncc4ccccc34)CCOc3ccc(Cl)cc32)n1.